The molecule has 2 aromatic rings. The lowest BCUT2D eigenvalue weighted by Crippen LogP contribution is -2.31. The molecule has 0 radical (unpaired) electrons. The summed E-state index contributed by atoms with van der Waals surface area (Å²) in [4.78, 5) is 31.4. The highest BCUT2D eigenvalue weighted by molar-refractivity contribution is 5.98. The lowest BCUT2D eigenvalue weighted by atomic mass is 10.1. The van der Waals surface area contributed by atoms with Crippen molar-refractivity contribution in [1.82, 2.24) is 15.2 Å². The molecule has 8 nitrogen and oxygen atoms in total. The van der Waals surface area contributed by atoms with E-state index >= 15 is 0 Å². The lowest BCUT2D eigenvalue weighted by Gasteiger charge is -2.19. The summed E-state index contributed by atoms with van der Waals surface area (Å²) in [6, 6.07) is 5.35. The molecule has 0 saturated carbocycles. The van der Waals surface area contributed by atoms with Gasteiger partial charge in [0.05, 0.1) is 32.8 Å². The Kier molecular flexibility index (Phi) is 10.9. The van der Waals surface area contributed by atoms with Gasteiger partial charge in [0.2, 0.25) is 11.8 Å². The number of carbonyl (C=O) groups is 2. The highest BCUT2D eigenvalue weighted by Crippen LogP contribution is 2.32. The molecule has 1 heterocycles. The number of nitrogens with zero attached hydrogens (tertiary/aromatic N) is 2. The van der Waals surface area contributed by atoms with Crippen molar-refractivity contribution in [2.45, 2.75) is 52.9 Å². The van der Waals surface area contributed by atoms with Gasteiger partial charge in [0, 0.05) is 12.1 Å². The topological polar surface area (TPSA) is 93.9 Å². The zero-order chi connectivity index (χ0) is 24.2. The predicted molar refractivity (Wildman–Crippen MR) is 128 cm³/mol. The van der Waals surface area contributed by atoms with Crippen LogP contribution in [0.5, 0.6) is 11.5 Å². The molecule has 0 aliphatic heterocycles. The average Bonchev–Trinajstić information content (AvgIpc) is 3.17. The molecule has 0 saturated heterocycles. The maximum Gasteiger partial charge on any atom is 0.227 e. The second-order valence-corrected chi connectivity index (χ2v) is 7.98. The summed E-state index contributed by atoms with van der Waals surface area (Å²) in [5.74, 6) is 1.67. The Morgan fingerprint density at radius 3 is 2.48 bits per heavy atom. The summed E-state index contributed by atoms with van der Waals surface area (Å²) in [7, 11) is 3.13. The maximum absolute atomic E-state index is 12.4. The Balaban J connectivity index is 1.84. The van der Waals surface area contributed by atoms with Crippen LogP contribution in [0.15, 0.2) is 22.6 Å². The standard InChI is InChI=1S/C25H37N3O5/c1-6-8-13-28(7-2)14-9-12-26-24(30)17-20(29)16-21-18(3)33-25(27-21)19-10-11-22(31-4)23(15-19)32-5/h10-11,15H,6-9,12-14,16-17H2,1-5H3,(H,26,30). The summed E-state index contributed by atoms with van der Waals surface area (Å²) in [5.41, 5.74) is 1.25. The molecule has 8 heteroatoms. The Bertz CT molecular complexity index is 909. The first-order chi connectivity index (χ1) is 15.9. The van der Waals surface area contributed by atoms with Crippen LogP contribution in [0.2, 0.25) is 0 Å². The van der Waals surface area contributed by atoms with E-state index in [9.17, 15) is 9.59 Å². The van der Waals surface area contributed by atoms with Crippen molar-refractivity contribution in [3.8, 4) is 23.0 Å². The highest BCUT2D eigenvalue weighted by Gasteiger charge is 2.18. The fourth-order valence-electron chi connectivity index (χ4n) is 3.52. The molecule has 0 unspecified atom stereocenters. The van der Waals surface area contributed by atoms with E-state index in [4.69, 9.17) is 13.9 Å². The number of carbonyl (C=O) groups excluding carboxylic acids is 2. The van der Waals surface area contributed by atoms with Gasteiger partial charge in [-0.3, -0.25) is 9.59 Å². The van der Waals surface area contributed by atoms with Crippen molar-refractivity contribution < 1.29 is 23.5 Å². The molecule has 0 aliphatic rings. The number of Topliss-reactive ketones (excluding diaryl/α,β-unsaturated/α-hetero) is 1. The van der Waals surface area contributed by atoms with Crippen LogP contribution >= 0.6 is 0 Å². The van der Waals surface area contributed by atoms with Gasteiger partial charge < -0.3 is 24.1 Å². The molecule has 0 aliphatic carbocycles. The highest BCUT2D eigenvalue weighted by atomic mass is 16.5. The molecule has 0 atom stereocenters. The second-order valence-electron chi connectivity index (χ2n) is 7.98. The number of amides is 1. The summed E-state index contributed by atoms with van der Waals surface area (Å²) in [6.07, 6.45) is 3.12. The molecule has 1 aromatic heterocycles. The van der Waals surface area contributed by atoms with Gasteiger partial charge in [0.25, 0.3) is 0 Å². The van der Waals surface area contributed by atoms with Gasteiger partial charge in [-0.1, -0.05) is 20.3 Å². The fraction of sp³-hybridized carbons (Fsp3) is 0.560. The number of ether oxygens (including phenoxy) is 2. The molecular formula is C25H37N3O5. The van der Waals surface area contributed by atoms with Crippen LogP contribution in [0.1, 0.15) is 51.0 Å². The average molecular weight is 460 g/mol. The van der Waals surface area contributed by atoms with Crippen molar-refractivity contribution in [3.63, 3.8) is 0 Å². The summed E-state index contributed by atoms with van der Waals surface area (Å²) in [5, 5.41) is 2.85. The Hall–Kier alpha value is -2.87. The fourth-order valence-corrected chi connectivity index (χ4v) is 3.52. The molecule has 0 spiro atoms. The SMILES string of the molecule is CCCCN(CC)CCCNC(=O)CC(=O)Cc1nc(-c2ccc(OC)c(OC)c2)oc1C. The van der Waals surface area contributed by atoms with E-state index in [0.29, 0.717) is 41.0 Å². The van der Waals surface area contributed by atoms with Crippen LogP contribution in [0.25, 0.3) is 11.5 Å². The number of hydrogen-bond donors (Lipinski definition) is 1. The molecule has 0 bridgehead atoms. The van der Waals surface area contributed by atoms with Gasteiger partial charge in [-0.15, -0.1) is 0 Å². The number of oxazole rings is 1. The van der Waals surface area contributed by atoms with E-state index in [1.807, 2.05) is 6.07 Å². The molecule has 1 amide bonds. The largest absolute Gasteiger partial charge is 0.493 e. The monoisotopic (exact) mass is 459 g/mol. The van der Waals surface area contributed by atoms with Gasteiger partial charge in [-0.25, -0.2) is 4.98 Å². The number of unbranched alkanes of at least 4 members (excludes halogenated alkanes) is 1. The number of ketones is 1. The van der Waals surface area contributed by atoms with Crippen LogP contribution < -0.4 is 14.8 Å². The minimum absolute atomic E-state index is 0.0523. The van der Waals surface area contributed by atoms with Gasteiger partial charge >= 0.3 is 0 Å². The molecule has 1 aromatic carbocycles. The van der Waals surface area contributed by atoms with E-state index in [1.165, 1.54) is 12.8 Å². The van der Waals surface area contributed by atoms with Crippen LogP contribution in [0.3, 0.4) is 0 Å². The normalized spacial score (nSPS) is 11.0. The summed E-state index contributed by atoms with van der Waals surface area (Å²) in [6.45, 7) is 9.70. The van der Waals surface area contributed by atoms with Crippen molar-refractivity contribution in [2.75, 3.05) is 40.4 Å². The number of nitrogens with one attached hydrogen (secondary N) is 1. The van der Waals surface area contributed by atoms with E-state index in [-0.39, 0.29) is 24.5 Å². The second kappa shape index (κ2) is 13.6. The van der Waals surface area contributed by atoms with Crippen molar-refractivity contribution >= 4 is 11.7 Å². The number of rotatable bonds is 15. The minimum Gasteiger partial charge on any atom is -0.493 e. The molecule has 1 N–H and O–H groups in total. The van der Waals surface area contributed by atoms with Gasteiger partial charge in [-0.05, 0) is 57.6 Å². The van der Waals surface area contributed by atoms with Crippen LogP contribution in [-0.2, 0) is 16.0 Å². The molecule has 0 fully saturated rings. The quantitative estimate of drug-likeness (QED) is 0.320. The zero-order valence-electron chi connectivity index (χ0n) is 20.5. The van der Waals surface area contributed by atoms with Gasteiger partial charge in [0.1, 0.15) is 11.5 Å². The number of benzene rings is 1. The van der Waals surface area contributed by atoms with Crippen LogP contribution in [0.4, 0.5) is 0 Å². The Morgan fingerprint density at radius 2 is 1.82 bits per heavy atom. The number of methoxy groups -OCH3 is 2. The molecule has 2 rings (SSSR count). The third kappa shape index (κ3) is 8.20. The first kappa shape index (κ1) is 26.4. The van der Waals surface area contributed by atoms with Crippen molar-refractivity contribution in [1.29, 1.82) is 0 Å². The van der Waals surface area contributed by atoms with E-state index in [2.05, 4.69) is 29.0 Å². The van der Waals surface area contributed by atoms with E-state index in [0.717, 1.165) is 26.1 Å². The molecule has 182 valence electrons. The molecular weight excluding hydrogens is 422 g/mol. The lowest BCUT2D eigenvalue weighted by molar-refractivity contribution is -0.127. The Labute approximate surface area is 196 Å². The van der Waals surface area contributed by atoms with E-state index < -0.39 is 0 Å². The van der Waals surface area contributed by atoms with Crippen molar-refractivity contribution in [2.24, 2.45) is 0 Å². The smallest absolute Gasteiger partial charge is 0.227 e. The molecule has 33 heavy (non-hydrogen) atoms. The first-order valence-electron chi connectivity index (χ1n) is 11.6. The maximum atomic E-state index is 12.4. The van der Waals surface area contributed by atoms with Crippen LogP contribution in [-0.4, -0.2) is 62.0 Å². The Morgan fingerprint density at radius 1 is 1.09 bits per heavy atom. The predicted octanol–water partition coefficient (Wildman–Crippen LogP) is 3.80. The third-order valence-electron chi connectivity index (χ3n) is 5.49. The van der Waals surface area contributed by atoms with E-state index in [1.54, 1.807) is 33.3 Å². The van der Waals surface area contributed by atoms with Gasteiger partial charge in [-0.2, -0.15) is 0 Å². The number of hydrogen-bond acceptors (Lipinski definition) is 7. The third-order valence-corrected chi connectivity index (χ3v) is 5.49. The summed E-state index contributed by atoms with van der Waals surface area (Å²) < 4.78 is 16.3. The summed E-state index contributed by atoms with van der Waals surface area (Å²) >= 11 is 0. The van der Waals surface area contributed by atoms with Crippen LogP contribution in [0, 0.1) is 6.92 Å². The van der Waals surface area contributed by atoms with Gasteiger partial charge in [0.15, 0.2) is 11.5 Å². The first-order valence-corrected chi connectivity index (χ1v) is 11.6. The number of aryl methyl sites for hydroxylation is 1. The van der Waals surface area contributed by atoms with Crippen molar-refractivity contribution in [3.05, 3.63) is 29.7 Å². The minimum atomic E-state index is -0.252. The zero-order valence-corrected chi connectivity index (χ0v) is 20.5. The number of aromatic nitrogens is 1.